The van der Waals surface area contributed by atoms with Crippen molar-refractivity contribution in [2.45, 2.75) is 71.6 Å². The normalized spacial score (nSPS) is 21.4. The molecule has 1 N–H and O–H groups in total. The molecule has 1 aliphatic rings. The average Bonchev–Trinajstić information content (AvgIpc) is 3.05. The Morgan fingerprint density at radius 1 is 1.54 bits per heavy atom. The number of hydrogen-bond donors (Lipinski definition) is 1. The third kappa shape index (κ3) is 5.45. The highest BCUT2D eigenvalue weighted by atomic mass is 32.1. The van der Waals surface area contributed by atoms with Gasteiger partial charge >= 0.3 is 6.09 Å². The molecule has 1 amide bonds. The van der Waals surface area contributed by atoms with E-state index in [-0.39, 0.29) is 12.1 Å². The van der Waals surface area contributed by atoms with Gasteiger partial charge < -0.3 is 15.0 Å². The van der Waals surface area contributed by atoms with Crippen molar-refractivity contribution in [3.8, 4) is 0 Å². The van der Waals surface area contributed by atoms with E-state index < -0.39 is 5.60 Å². The monoisotopic (exact) mass is 353 g/mol. The van der Waals surface area contributed by atoms with Gasteiger partial charge in [-0.05, 0) is 52.9 Å². The van der Waals surface area contributed by atoms with Gasteiger partial charge in [0.2, 0.25) is 0 Å². The molecule has 6 heteroatoms. The maximum Gasteiger partial charge on any atom is 0.410 e. The number of amides is 1. The minimum atomic E-state index is -0.438. The molecular formula is C18H31N3O2S. The molecule has 1 aliphatic heterocycles. The molecule has 0 spiro atoms. The van der Waals surface area contributed by atoms with Gasteiger partial charge in [0.25, 0.3) is 0 Å². The summed E-state index contributed by atoms with van der Waals surface area (Å²) in [6, 6.07) is 0.626. The van der Waals surface area contributed by atoms with Crippen molar-refractivity contribution in [3.05, 3.63) is 16.6 Å². The molecule has 1 saturated heterocycles. The zero-order chi connectivity index (χ0) is 17.7. The Labute approximate surface area is 149 Å². The molecule has 0 saturated carbocycles. The van der Waals surface area contributed by atoms with Crippen LogP contribution in [0.4, 0.5) is 4.79 Å². The fraction of sp³-hybridized carbons (Fsp3) is 0.778. The van der Waals surface area contributed by atoms with Crippen molar-refractivity contribution in [1.82, 2.24) is 15.2 Å². The van der Waals surface area contributed by atoms with Crippen molar-refractivity contribution in [2.24, 2.45) is 5.92 Å². The molecule has 3 atom stereocenters. The van der Waals surface area contributed by atoms with Crippen LogP contribution in [-0.2, 0) is 4.74 Å². The van der Waals surface area contributed by atoms with E-state index in [1.165, 1.54) is 0 Å². The van der Waals surface area contributed by atoms with E-state index in [1.807, 2.05) is 37.2 Å². The Morgan fingerprint density at radius 3 is 2.88 bits per heavy atom. The standard InChI is InChI=1S/C18H31N3O2S/c1-6-15(16-19-9-11-24-16)20-13(2)14-8-7-10-21(12-14)17(22)23-18(3,4)5/h9,11,13-15,20H,6-8,10,12H2,1-5H3. The summed E-state index contributed by atoms with van der Waals surface area (Å²) in [5.74, 6) is 0.445. The predicted octanol–water partition coefficient (Wildman–Crippen LogP) is 4.22. The van der Waals surface area contributed by atoms with Gasteiger partial charge in [-0.15, -0.1) is 11.3 Å². The lowest BCUT2D eigenvalue weighted by Gasteiger charge is -2.37. The summed E-state index contributed by atoms with van der Waals surface area (Å²) in [7, 11) is 0. The van der Waals surface area contributed by atoms with Crippen molar-refractivity contribution in [2.75, 3.05) is 13.1 Å². The van der Waals surface area contributed by atoms with Gasteiger partial charge in [0.15, 0.2) is 0 Å². The molecule has 0 bridgehead atoms. The molecule has 0 aromatic carbocycles. The lowest BCUT2D eigenvalue weighted by Crippen LogP contribution is -2.48. The third-order valence-electron chi connectivity index (χ3n) is 4.44. The number of ether oxygens (including phenoxy) is 1. The van der Waals surface area contributed by atoms with Gasteiger partial charge in [0, 0.05) is 30.7 Å². The highest BCUT2D eigenvalue weighted by molar-refractivity contribution is 7.09. The molecule has 5 nitrogen and oxygen atoms in total. The first-order chi connectivity index (χ1) is 11.3. The highest BCUT2D eigenvalue weighted by Gasteiger charge is 2.31. The van der Waals surface area contributed by atoms with Crippen LogP contribution in [0.15, 0.2) is 11.6 Å². The summed E-state index contributed by atoms with van der Waals surface area (Å²) in [4.78, 5) is 18.6. The third-order valence-corrected chi connectivity index (χ3v) is 5.33. The Bertz CT molecular complexity index is 513. The number of nitrogens with one attached hydrogen (secondary N) is 1. The SMILES string of the molecule is CCC(NC(C)C1CCCN(C(=O)OC(C)(C)C)C1)c1nccs1. The van der Waals surface area contributed by atoms with E-state index in [2.05, 4.69) is 24.1 Å². The maximum atomic E-state index is 12.3. The van der Waals surface area contributed by atoms with Gasteiger partial charge in [-0.1, -0.05) is 6.92 Å². The van der Waals surface area contributed by atoms with Crippen LogP contribution in [0.3, 0.4) is 0 Å². The number of thiazole rings is 1. The van der Waals surface area contributed by atoms with Gasteiger partial charge in [-0.25, -0.2) is 9.78 Å². The average molecular weight is 354 g/mol. The molecule has 2 heterocycles. The van der Waals surface area contributed by atoms with Crippen LogP contribution in [0.2, 0.25) is 0 Å². The molecule has 136 valence electrons. The number of nitrogens with zero attached hydrogens (tertiary/aromatic N) is 2. The first kappa shape index (κ1) is 19.2. The zero-order valence-corrected chi connectivity index (χ0v) is 16.4. The van der Waals surface area contributed by atoms with Crippen molar-refractivity contribution in [3.63, 3.8) is 0 Å². The first-order valence-electron chi connectivity index (χ1n) is 8.93. The van der Waals surface area contributed by atoms with Crippen molar-refractivity contribution in [1.29, 1.82) is 0 Å². The second-order valence-electron chi connectivity index (χ2n) is 7.62. The molecule has 24 heavy (non-hydrogen) atoms. The van der Waals surface area contributed by atoms with E-state index >= 15 is 0 Å². The Balaban J connectivity index is 1.92. The summed E-state index contributed by atoms with van der Waals surface area (Å²) in [5.41, 5.74) is -0.438. The van der Waals surface area contributed by atoms with Crippen LogP contribution in [0.1, 0.15) is 64.9 Å². The molecule has 3 unspecified atom stereocenters. The second kappa shape index (κ2) is 8.30. The molecule has 0 radical (unpaired) electrons. The first-order valence-corrected chi connectivity index (χ1v) is 9.81. The van der Waals surface area contributed by atoms with Gasteiger partial charge in [0.1, 0.15) is 10.6 Å². The molecule has 0 aliphatic carbocycles. The molecular weight excluding hydrogens is 322 g/mol. The summed E-state index contributed by atoms with van der Waals surface area (Å²) in [5, 5.41) is 6.88. The predicted molar refractivity (Wildman–Crippen MR) is 98.3 cm³/mol. The topological polar surface area (TPSA) is 54.5 Å². The summed E-state index contributed by atoms with van der Waals surface area (Å²) in [6.45, 7) is 11.7. The van der Waals surface area contributed by atoms with E-state index in [0.29, 0.717) is 12.0 Å². The Hall–Kier alpha value is -1.14. The molecule has 1 fully saturated rings. The van der Waals surface area contributed by atoms with Crippen LogP contribution < -0.4 is 5.32 Å². The number of aromatic nitrogens is 1. The lowest BCUT2D eigenvalue weighted by molar-refractivity contribution is 0.0146. The van der Waals surface area contributed by atoms with Gasteiger partial charge in [0.05, 0.1) is 6.04 Å². The zero-order valence-electron chi connectivity index (χ0n) is 15.5. The van der Waals surface area contributed by atoms with Gasteiger partial charge in [-0.2, -0.15) is 0 Å². The number of hydrogen-bond acceptors (Lipinski definition) is 5. The minimum absolute atomic E-state index is 0.189. The highest BCUT2D eigenvalue weighted by Crippen LogP contribution is 2.25. The van der Waals surface area contributed by atoms with Crippen LogP contribution in [-0.4, -0.2) is 40.7 Å². The maximum absolute atomic E-state index is 12.3. The largest absolute Gasteiger partial charge is 0.444 e. The second-order valence-corrected chi connectivity index (χ2v) is 8.54. The van der Waals surface area contributed by atoms with Crippen LogP contribution in [0.5, 0.6) is 0 Å². The fourth-order valence-corrected chi connectivity index (χ4v) is 3.92. The lowest BCUT2D eigenvalue weighted by atomic mass is 9.91. The smallest absolute Gasteiger partial charge is 0.410 e. The van der Waals surface area contributed by atoms with E-state index in [4.69, 9.17) is 4.74 Å². The Kier molecular flexibility index (Phi) is 6.63. The minimum Gasteiger partial charge on any atom is -0.444 e. The molecule has 1 aromatic heterocycles. The summed E-state index contributed by atoms with van der Waals surface area (Å²) >= 11 is 1.70. The molecule has 2 rings (SSSR count). The van der Waals surface area contributed by atoms with Crippen LogP contribution in [0.25, 0.3) is 0 Å². The van der Waals surface area contributed by atoms with E-state index in [9.17, 15) is 4.79 Å². The Morgan fingerprint density at radius 2 is 2.29 bits per heavy atom. The number of carbonyl (C=O) groups excluding carboxylic acids is 1. The van der Waals surface area contributed by atoms with Crippen LogP contribution in [0, 0.1) is 5.92 Å². The quantitative estimate of drug-likeness (QED) is 0.861. The van der Waals surface area contributed by atoms with Crippen LogP contribution >= 0.6 is 11.3 Å². The summed E-state index contributed by atoms with van der Waals surface area (Å²) < 4.78 is 5.52. The number of rotatable bonds is 5. The number of likely N-dealkylation sites (tertiary alicyclic amines) is 1. The van der Waals surface area contributed by atoms with Gasteiger partial charge in [-0.3, -0.25) is 0 Å². The van der Waals surface area contributed by atoms with E-state index in [1.54, 1.807) is 11.3 Å². The summed E-state index contributed by atoms with van der Waals surface area (Å²) in [6.07, 6.45) is 4.86. The van der Waals surface area contributed by atoms with Crippen molar-refractivity contribution >= 4 is 17.4 Å². The fourth-order valence-electron chi connectivity index (χ4n) is 3.13. The molecule has 1 aromatic rings. The number of piperidine rings is 1. The number of carbonyl (C=O) groups is 1. The van der Waals surface area contributed by atoms with Crippen molar-refractivity contribution < 1.29 is 9.53 Å². The van der Waals surface area contributed by atoms with E-state index in [0.717, 1.165) is 37.4 Å².